The third-order valence-electron chi connectivity index (χ3n) is 1.41. The number of carbonyl (C=O) groups excluding carboxylic acids is 1. The second-order valence-corrected chi connectivity index (χ2v) is 4.25. The van der Waals surface area contributed by atoms with Gasteiger partial charge in [0.15, 0.2) is 5.12 Å². The number of carbonyl (C=O) groups is 1. The number of thiol groups is 1. The van der Waals surface area contributed by atoms with Crippen molar-refractivity contribution in [2.75, 3.05) is 27.7 Å². The van der Waals surface area contributed by atoms with Crippen LogP contribution in [0.1, 0.15) is 26.7 Å². The highest BCUT2D eigenvalue weighted by atomic mass is 127. The van der Waals surface area contributed by atoms with Crippen LogP contribution in [-0.4, -0.2) is 37.3 Å². The molecule has 0 aliphatic heterocycles. The number of halogens is 1. The fourth-order valence-corrected chi connectivity index (χ4v) is 0.437. The van der Waals surface area contributed by atoms with E-state index in [1.54, 1.807) is 0 Å². The molecule has 0 bridgehead atoms. The van der Waals surface area contributed by atoms with Gasteiger partial charge in [0.1, 0.15) is 0 Å². The zero-order valence-corrected chi connectivity index (χ0v) is 12.4. The van der Waals surface area contributed by atoms with Crippen LogP contribution in [0, 0.1) is 0 Å². The molecule has 0 saturated heterocycles. The van der Waals surface area contributed by atoms with Gasteiger partial charge in [0, 0.05) is 6.42 Å². The van der Waals surface area contributed by atoms with E-state index in [1.165, 1.54) is 6.54 Å². The highest BCUT2D eigenvalue weighted by Gasteiger charge is 1.97. The molecule has 0 aromatic rings. The van der Waals surface area contributed by atoms with Gasteiger partial charge in [-0.3, -0.25) is 4.79 Å². The van der Waals surface area contributed by atoms with Crippen LogP contribution in [0.25, 0.3) is 0 Å². The molecule has 0 aliphatic rings. The van der Waals surface area contributed by atoms with E-state index in [0.717, 1.165) is 10.9 Å². The zero-order valence-electron chi connectivity index (χ0n) is 9.30. The predicted molar refractivity (Wildman–Crippen MR) is 57.5 cm³/mol. The van der Waals surface area contributed by atoms with Crippen molar-refractivity contribution in [1.29, 1.82) is 0 Å². The third-order valence-corrected chi connectivity index (χ3v) is 1.64. The lowest BCUT2D eigenvalue weighted by Crippen LogP contribution is -3.00. The van der Waals surface area contributed by atoms with Crippen LogP contribution in [0.5, 0.6) is 0 Å². The lowest BCUT2D eigenvalue weighted by molar-refractivity contribution is -0.868. The first-order valence-electron chi connectivity index (χ1n) is 4.35. The zero-order chi connectivity index (χ0) is 10.2. The second kappa shape index (κ2) is 10.8. The van der Waals surface area contributed by atoms with E-state index in [9.17, 15) is 4.79 Å². The molecule has 0 saturated carbocycles. The Morgan fingerprint density at radius 2 is 1.54 bits per heavy atom. The fourth-order valence-electron chi connectivity index (χ4n) is 0.214. The monoisotopic (exact) mass is 319 g/mol. The quantitative estimate of drug-likeness (QED) is 0.400. The average Bonchev–Trinajstić information content (AvgIpc) is 1.87. The normalized spacial score (nSPS) is 9.38. The maximum atomic E-state index is 9.91. The minimum Gasteiger partial charge on any atom is -1.00 e. The van der Waals surface area contributed by atoms with Crippen LogP contribution in [0.15, 0.2) is 0 Å². The molecule has 0 rings (SSSR count). The summed E-state index contributed by atoms with van der Waals surface area (Å²) in [5.41, 5.74) is 0. The van der Waals surface area contributed by atoms with Crippen molar-refractivity contribution in [2.45, 2.75) is 26.7 Å². The summed E-state index contributed by atoms with van der Waals surface area (Å²) in [6, 6.07) is 0. The van der Waals surface area contributed by atoms with Gasteiger partial charge in [-0.05, 0) is 13.3 Å². The van der Waals surface area contributed by atoms with Gasteiger partial charge in [-0.15, -0.1) is 12.6 Å². The van der Waals surface area contributed by atoms with Gasteiger partial charge in [-0.25, -0.2) is 0 Å². The van der Waals surface area contributed by atoms with Gasteiger partial charge in [0.2, 0.25) is 0 Å². The molecule has 0 fully saturated rings. The molecule has 82 valence electrons. The topological polar surface area (TPSA) is 17.1 Å². The van der Waals surface area contributed by atoms with E-state index in [2.05, 4.69) is 40.7 Å². The maximum absolute atomic E-state index is 9.91. The molecule has 0 spiro atoms. The van der Waals surface area contributed by atoms with Gasteiger partial charge >= 0.3 is 0 Å². The Labute approximate surface area is 105 Å². The van der Waals surface area contributed by atoms with E-state index >= 15 is 0 Å². The van der Waals surface area contributed by atoms with Crippen molar-refractivity contribution in [3.63, 3.8) is 0 Å². The van der Waals surface area contributed by atoms with Crippen LogP contribution >= 0.6 is 12.6 Å². The lowest BCUT2D eigenvalue weighted by Gasteiger charge is -2.20. The molecule has 0 aromatic heterocycles. The summed E-state index contributed by atoms with van der Waals surface area (Å²) in [4.78, 5) is 9.91. The number of quaternary nitrogens is 1. The molecule has 0 N–H and O–H groups in total. The molecular weight excluding hydrogens is 297 g/mol. The Kier molecular flexibility index (Phi) is 16.0. The van der Waals surface area contributed by atoms with Crippen molar-refractivity contribution in [3.05, 3.63) is 0 Å². The fraction of sp³-hybridized carbons (Fsp3) is 0.889. The molecule has 0 aliphatic carbocycles. The summed E-state index contributed by atoms with van der Waals surface area (Å²) in [5, 5.41) is -0.0162. The minimum absolute atomic E-state index is 0. The van der Waals surface area contributed by atoms with E-state index in [-0.39, 0.29) is 29.1 Å². The maximum Gasteiger partial charge on any atom is 0.185 e. The Morgan fingerprint density at radius 1 is 1.23 bits per heavy atom. The summed E-state index contributed by atoms with van der Waals surface area (Å²) in [7, 11) is 6.54. The van der Waals surface area contributed by atoms with Crippen LogP contribution in [0.4, 0.5) is 0 Å². The first-order valence-corrected chi connectivity index (χ1v) is 4.80. The molecule has 0 radical (unpaired) electrons. The lowest BCUT2D eigenvalue weighted by atomic mass is 10.4. The van der Waals surface area contributed by atoms with Crippen LogP contribution in [0.2, 0.25) is 0 Å². The van der Waals surface area contributed by atoms with Crippen molar-refractivity contribution in [1.82, 2.24) is 0 Å². The summed E-state index contributed by atoms with van der Waals surface area (Å²) < 4.78 is 1.07. The third kappa shape index (κ3) is 32.4. The number of nitrogens with zero attached hydrogens (tertiary/aromatic N) is 1. The van der Waals surface area contributed by atoms with E-state index in [4.69, 9.17) is 0 Å². The van der Waals surface area contributed by atoms with Crippen LogP contribution in [-0.2, 0) is 4.79 Å². The molecule has 0 unspecified atom stereocenters. The smallest absolute Gasteiger partial charge is 0.185 e. The van der Waals surface area contributed by atoms with Gasteiger partial charge < -0.3 is 28.5 Å². The largest absolute Gasteiger partial charge is 1.00 e. The molecular formula is C9H22INOS. The molecule has 2 nitrogen and oxygen atoms in total. The summed E-state index contributed by atoms with van der Waals surface area (Å²) in [6.45, 7) is 5.34. The van der Waals surface area contributed by atoms with Crippen molar-refractivity contribution in [3.8, 4) is 0 Å². The molecule has 0 amide bonds. The molecule has 0 heterocycles. The molecule has 0 aromatic carbocycles. The van der Waals surface area contributed by atoms with Crippen molar-refractivity contribution in [2.24, 2.45) is 0 Å². The van der Waals surface area contributed by atoms with Gasteiger partial charge in [-0.2, -0.15) is 0 Å². The number of hydrogen-bond donors (Lipinski definition) is 1. The summed E-state index contributed by atoms with van der Waals surface area (Å²) in [5.74, 6) is 0. The van der Waals surface area contributed by atoms with Gasteiger partial charge in [0.25, 0.3) is 0 Å². The van der Waals surface area contributed by atoms with E-state index in [1.807, 2.05) is 6.92 Å². The standard InChI is InChI=1S/C5H14N.C4H8OS.HI/c1-5-6(2,3)4;1-2-3-4(5)6;/h5H2,1-4H3;2-3H2,1H3,(H,5,6);1H/q+1;;/p-1. The molecule has 13 heavy (non-hydrogen) atoms. The predicted octanol–water partition coefficient (Wildman–Crippen LogP) is -1.04. The SMILES string of the molecule is CCCC(=O)S.CC[N+](C)(C)C.[I-]. The van der Waals surface area contributed by atoms with Crippen LogP contribution < -0.4 is 24.0 Å². The summed E-state index contributed by atoms with van der Waals surface area (Å²) in [6.07, 6.45) is 1.51. The first-order chi connectivity index (χ1) is 5.33. The van der Waals surface area contributed by atoms with Gasteiger partial charge in [0.05, 0.1) is 27.7 Å². The van der Waals surface area contributed by atoms with E-state index in [0.29, 0.717) is 6.42 Å². The van der Waals surface area contributed by atoms with Crippen molar-refractivity contribution < 1.29 is 33.3 Å². The minimum atomic E-state index is -0.0162. The van der Waals surface area contributed by atoms with E-state index < -0.39 is 0 Å². The van der Waals surface area contributed by atoms with Crippen LogP contribution in [0.3, 0.4) is 0 Å². The number of rotatable bonds is 3. The number of hydrogen-bond acceptors (Lipinski definition) is 1. The second-order valence-electron chi connectivity index (χ2n) is 3.75. The average molecular weight is 319 g/mol. The summed E-state index contributed by atoms with van der Waals surface area (Å²) >= 11 is 3.54. The highest BCUT2D eigenvalue weighted by molar-refractivity contribution is 7.96. The Hall–Kier alpha value is 0.710. The van der Waals surface area contributed by atoms with Crippen molar-refractivity contribution >= 4 is 17.7 Å². The first kappa shape index (κ1) is 19.3. The Bertz CT molecular complexity index is 123. The Morgan fingerprint density at radius 3 is 1.54 bits per heavy atom. The molecule has 4 heteroatoms. The van der Waals surface area contributed by atoms with Gasteiger partial charge in [-0.1, -0.05) is 6.92 Å². The molecule has 0 atom stereocenters. The highest BCUT2D eigenvalue weighted by Crippen LogP contribution is 1.89. The Balaban J connectivity index is -0.000000143.